The lowest BCUT2D eigenvalue weighted by molar-refractivity contribution is 0.108. The summed E-state index contributed by atoms with van der Waals surface area (Å²) in [6.45, 7) is 3.51. The molecule has 1 saturated carbocycles. The van der Waals surface area contributed by atoms with Gasteiger partial charge >= 0.3 is 0 Å². The molecule has 2 fully saturated rings. The van der Waals surface area contributed by atoms with Crippen molar-refractivity contribution in [3.8, 4) is 0 Å². The van der Waals surface area contributed by atoms with E-state index >= 15 is 0 Å². The monoisotopic (exact) mass is 208 g/mol. The zero-order chi connectivity index (χ0) is 10.1. The SMILES string of the molecule is c1c(COCC2CC2)nnn1C1CNC1. The van der Waals surface area contributed by atoms with Crippen molar-refractivity contribution in [2.24, 2.45) is 5.92 Å². The van der Waals surface area contributed by atoms with Gasteiger partial charge in [0, 0.05) is 19.7 Å². The number of aromatic nitrogens is 3. The third kappa shape index (κ3) is 2.18. The van der Waals surface area contributed by atoms with Crippen LogP contribution in [0.1, 0.15) is 24.6 Å². The van der Waals surface area contributed by atoms with Crippen LogP contribution in [-0.2, 0) is 11.3 Å². The van der Waals surface area contributed by atoms with Crippen LogP contribution in [0.15, 0.2) is 6.20 Å². The second-order valence-electron chi connectivity index (χ2n) is 4.46. The van der Waals surface area contributed by atoms with Gasteiger partial charge in [0.15, 0.2) is 0 Å². The summed E-state index contributed by atoms with van der Waals surface area (Å²) in [5.41, 5.74) is 0.947. The molecule has 1 aliphatic carbocycles. The second-order valence-corrected chi connectivity index (χ2v) is 4.46. The van der Waals surface area contributed by atoms with E-state index in [1.165, 1.54) is 12.8 Å². The average molecular weight is 208 g/mol. The van der Waals surface area contributed by atoms with Crippen molar-refractivity contribution in [1.29, 1.82) is 0 Å². The molecule has 0 spiro atoms. The third-order valence-electron chi connectivity index (χ3n) is 2.99. The molecular formula is C10H16N4O. The van der Waals surface area contributed by atoms with Crippen molar-refractivity contribution < 1.29 is 4.74 Å². The van der Waals surface area contributed by atoms with Gasteiger partial charge in [0.1, 0.15) is 5.69 Å². The molecule has 3 rings (SSSR count). The van der Waals surface area contributed by atoms with Crippen LogP contribution in [0.2, 0.25) is 0 Å². The van der Waals surface area contributed by atoms with E-state index in [4.69, 9.17) is 4.74 Å². The van der Waals surface area contributed by atoms with Gasteiger partial charge in [-0.25, -0.2) is 4.68 Å². The first-order valence-electron chi connectivity index (χ1n) is 5.61. The van der Waals surface area contributed by atoms with Gasteiger partial charge in [-0.3, -0.25) is 0 Å². The zero-order valence-corrected chi connectivity index (χ0v) is 8.72. The van der Waals surface area contributed by atoms with E-state index < -0.39 is 0 Å². The molecule has 0 atom stereocenters. The molecule has 1 saturated heterocycles. The maximum absolute atomic E-state index is 5.56. The van der Waals surface area contributed by atoms with Gasteiger partial charge in [0.2, 0.25) is 0 Å². The number of rotatable bonds is 5. The van der Waals surface area contributed by atoms with E-state index in [-0.39, 0.29) is 0 Å². The van der Waals surface area contributed by atoms with Crippen molar-refractivity contribution in [2.75, 3.05) is 19.7 Å². The molecule has 1 aromatic rings. The molecule has 0 amide bonds. The molecule has 5 heteroatoms. The number of nitrogens with zero attached hydrogens (tertiary/aromatic N) is 3. The number of hydrogen-bond donors (Lipinski definition) is 1. The fraction of sp³-hybridized carbons (Fsp3) is 0.800. The summed E-state index contributed by atoms with van der Waals surface area (Å²) in [5, 5.41) is 11.4. The van der Waals surface area contributed by atoms with Crippen LogP contribution >= 0.6 is 0 Å². The summed E-state index contributed by atoms with van der Waals surface area (Å²) >= 11 is 0. The lowest BCUT2D eigenvalue weighted by atomic mass is 10.2. The van der Waals surface area contributed by atoms with Crippen molar-refractivity contribution in [3.63, 3.8) is 0 Å². The topological polar surface area (TPSA) is 52.0 Å². The van der Waals surface area contributed by atoms with Gasteiger partial charge in [-0.15, -0.1) is 5.10 Å². The molecule has 0 bridgehead atoms. The maximum Gasteiger partial charge on any atom is 0.108 e. The minimum Gasteiger partial charge on any atom is -0.375 e. The minimum atomic E-state index is 0.495. The predicted molar refractivity (Wildman–Crippen MR) is 54.3 cm³/mol. The fourth-order valence-corrected chi connectivity index (χ4v) is 1.63. The van der Waals surface area contributed by atoms with E-state index in [9.17, 15) is 0 Å². The minimum absolute atomic E-state index is 0.495. The molecule has 15 heavy (non-hydrogen) atoms. The largest absolute Gasteiger partial charge is 0.375 e. The first kappa shape index (κ1) is 9.30. The first-order valence-corrected chi connectivity index (χ1v) is 5.61. The molecule has 2 aliphatic rings. The van der Waals surface area contributed by atoms with Gasteiger partial charge in [0.25, 0.3) is 0 Å². The number of hydrogen-bond acceptors (Lipinski definition) is 4. The number of nitrogens with one attached hydrogen (secondary N) is 1. The molecule has 82 valence electrons. The zero-order valence-electron chi connectivity index (χ0n) is 8.72. The Kier molecular flexibility index (Phi) is 2.42. The standard InChI is InChI=1S/C10H16N4O/c1-2-8(1)6-15-7-9-5-14(13-12-9)10-3-11-4-10/h5,8,10-11H,1-4,6-7H2. The van der Waals surface area contributed by atoms with E-state index in [0.29, 0.717) is 12.6 Å². The van der Waals surface area contributed by atoms with Crippen molar-refractivity contribution in [3.05, 3.63) is 11.9 Å². The van der Waals surface area contributed by atoms with Crippen molar-refractivity contribution >= 4 is 0 Å². The van der Waals surface area contributed by atoms with E-state index in [1.807, 2.05) is 10.9 Å². The highest BCUT2D eigenvalue weighted by Gasteiger charge is 2.22. The molecule has 1 aromatic heterocycles. The summed E-state index contributed by atoms with van der Waals surface area (Å²) in [6, 6.07) is 0.495. The summed E-state index contributed by atoms with van der Waals surface area (Å²) in [4.78, 5) is 0. The second kappa shape index (κ2) is 3.90. The van der Waals surface area contributed by atoms with Crippen LogP contribution in [-0.4, -0.2) is 34.7 Å². The Morgan fingerprint density at radius 1 is 1.47 bits per heavy atom. The van der Waals surface area contributed by atoms with Gasteiger partial charge < -0.3 is 10.1 Å². The van der Waals surface area contributed by atoms with Crippen molar-refractivity contribution in [1.82, 2.24) is 20.3 Å². The Bertz CT molecular complexity index is 330. The van der Waals surface area contributed by atoms with Crippen LogP contribution in [0.5, 0.6) is 0 Å². The smallest absolute Gasteiger partial charge is 0.108 e. The van der Waals surface area contributed by atoms with Crippen LogP contribution in [0, 0.1) is 5.92 Å². The summed E-state index contributed by atoms with van der Waals surface area (Å²) in [5.74, 6) is 0.816. The highest BCUT2D eigenvalue weighted by Crippen LogP contribution is 2.28. The average Bonchev–Trinajstić information content (AvgIpc) is 2.85. The van der Waals surface area contributed by atoms with Gasteiger partial charge in [-0.2, -0.15) is 0 Å². The Balaban J connectivity index is 1.48. The van der Waals surface area contributed by atoms with Gasteiger partial charge in [-0.05, 0) is 18.8 Å². The molecule has 0 aromatic carbocycles. The summed E-state index contributed by atoms with van der Waals surface area (Å²) in [7, 11) is 0. The molecule has 0 unspecified atom stereocenters. The van der Waals surface area contributed by atoms with Crippen LogP contribution < -0.4 is 5.32 Å². The summed E-state index contributed by atoms with van der Waals surface area (Å²) in [6.07, 6.45) is 4.67. The highest BCUT2D eigenvalue weighted by molar-refractivity contribution is 4.93. The molecule has 2 heterocycles. The quantitative estimate of drug-likeness (QED) is 0.758. The lowest BCUT2D eigenvalue weighted by Crippen LogP contribution is -2.43. The maximum atomic E-state index is 5.56. The Morgan fingerprint density at radius 3 is 3.00 bits per heavy atom. The van der Waals surface area contributed by atoms with Gasteiger partial charge in [0.05, 0.1) is 18.8 Å². The molecule has 1 aliphatic heterocycles. The van der Waals surface area contributed by atoms with Crippen molar-refractivity contribution in [2.45, 2.75) is 25.5 Å². The Morgan fingerprint density at radius 2 is 2.33 bits per heavy atom. The van der Waals surface area contributed by atoms with E-state index in [2.05, 4.69) is 15.6 Å². The lowest BCUT2D eigenvalue weighted by Gasteiger charge is -2.26. The van der Waals surface area contributed by atoms with E-state index in [1.54, 1.807) is 0 Å². The molecule has 1 N–H and O–H groups in total. The van der Waals surface area contributed by atoms with Crippen LogP contribution in [0.4, 0.5) is 0 Å². The fourth-order valence-electron chi connectivity index (χ4n) is 1.63. The van der Waals surface area contributed by atoms with Crippen LogP contribution in [0.25, 0.3) is 0 Å². The Hall–Kier alpha value is -0.940. The number of ether oxygens (including phenoxy) is 1. The first-order chi connectivity index (χ1) is 7.42. The van der Waals surface area contributed by atoms with Crippen LogP contribution in [0.3, 0.4) is 0 Å². The molecule has 0 radical (unpaired) electrons. The molecule has 5 nitrogen and oxygen atoms in total. The van der Waals surface area contributed by atoms with Gasteiger partial charge in [-0.1, -0.05) is 5.21 Å². The summed E-state index contributed by atoms with van der Waals surface area (Å²) < 4.78 is 7.49. The predicted octanol–water partition coefficient (Wildman–Crippen LogP) is 0.349. The third-order valence-corrected chi connectivity index (χ3v) is 2.99. The molecular weight excluding hydrogens is 192 g/mol. The Labute approximate surface area is 88.8 Å². The highest BCUT2D eigenvalue weighted by atomic mass is 16.5. The van der Waals surface area contributed by atoms with E-state index in [0.717, 1.165) is 31.3 Å². The normalized spacial score (nSPS) is 21.6.